The van der Waals surface area contributed by atoms with Crippen molar-refractivity contribution in [3.8, 4) is 0 Å². The van der Waals surface area contributed by atoms with E-state index in [-0.39, 0.29) is 0 Å². The van der Waals surface area contributed by atoms with Crippen LogP contribution in [-0.4, -0.2) is 11.1 Å². The average molecular weight is 287 g/mol. The molecule has 1 saturated carbocycles. The van der Waals surface area contributed by atoms with Crippen LogP contribution in [-0.2, 0) is 17.8 Å². The minimum absolute atomic E-state index is 0.397. The summed E-state index contributed by atoms with van der Waals surface area (Å²) < 4.78 is 6.05. The van der Waals surface area contributed by atoms with E-state index < -0.39 is 0 Å². The van der Waals surface area contributed by atoms with E-state index in [1.807, 2.05) is 17.4 Å². The molecule has 1 heterocycles. The Bertz CT molecular complexity index is 537. The van der Waals surface area contributed by atoms with E-state index in [9.17, 15) is 0 Å². The number of aromatic nitrogens is 1. The van der Waals surface area contributed by atoms with Gasteiger partial charge in [0.05, 0.1) is 23.4 Å². The van der Waals surface area contributed by atoms with Gasteiger partial charge in [-0.1, -0.05) is 37.3 Å². The zero-order valence-electron chi connectivity index (χ0n) is 11.9. The fraction of sp³-hybridized carbons (Fsp3) is 0.471. The largest absolute Gasteiger partial charge is 0.374 e. The van der Waals surface area contributed by atoms with Crippen molar-refractivity contribution in [3.05, 3.63) is 52.0 Å². The van der Waals surface area contributed by atoms with Gasteiger partial charge in [-0.25, -0.2) is 4.98 Å². The number of thiazole rings is 1. The molecule has 2 nitrogen and oxygen atoms in total. The third-order valence-corrected chi connectivity index (χ3v) is 5.05. The Morgan fingerprint density at radius 2 is 2.10 bits per heavy atom. The lowest BCUT2D eigenvalue weighted by Gasteiger charge is -2.11. The van der Waals surface area contributed by atoms with Crippen LogP contribution in [0, 0.1) is 0 Å². The second-order valence-electron chi connectivity index (χ2n) is 5.46. The van der Waals surface area contributed by atoms with Gasteiger partial charge in [-0.05, 0) is 31.2 Å². The minimum Gasteiger partial charge on any atom is -0.374 e. The fourth-order valence-electron chi connectivity index (χ4n) is 2.78. The molecule has 0 N–H and O–H groups in total. The van der Waals surface area contributed by atoms with Gasteiger partial charge in [-0.15, -0.1) is 11.3 Å². The van der Waals surface area contributed by atoms with Crippen LogP contribution in [0.2, 0.25) is 0 Å². The van der Waals surface area contributed by atoms with E-state index in [4.69, 9.17) is 9.72 Å². The summed E-state index contributed by atoms with van der Waals surface area (Å²) in [5.74, 6) is 0.612. The molecule has 0 saturated heterocycles. The Morgan fingerprint density at radius 1 is 1.25 bits per heavy atom. The quantitative estimate of drug-likeness (QED) is 0.804. The highest BCUT2D eigenvalue weighted by atomic mass is 32.1. The van der Waals surface area contributed by atoms with Crippen molar-refractivity contribution in [2.24, 2.45) is 0 Å². The number of ether oxygens (including phenoxy) is 1. The molecular formula is C17H21NOS. The zero-order chi connectivity index (χ0) is 13.8. The molecule has 1 aliphatic carbocycles. The van der Waals surface area contributed by atoms with Crippen molar-refractivity contribution in [1.29, 1.82) is 0 Å². The van der Waals surface area contributed by atoms with E-state index in [0.717, 1.165) is 19.4 Å². The van der Waals surface area contributed by atoms with E-state index >= 15 is 0 Å². The number of nitrogens with zero attached hydrogens (tertiary/aromatic N) is 1. The number of hydrogen-bond donors (Lipinski definition) is 0. The lowest BCUT2D eigenvalue weighted by atomic mass is 10.1. The molecule has 1 aromatic carbocycles. The molecule has 2 aromatic rings. The maximum atomic E-state index is 6.05. The van der Waals surface area contributed by atoms with Gasteiger partial charge in [0.2, 0.25) is 0 Å². The summed E-state index contributed by atoms with van der Waals surface area (Å²) in [5.41, 5.74) is 2.50. The standard InChI is InChI=1S/C17H21NOS/c1-2-15-12-20-17(18-15)14-8-9-16(10-14)19-11-13-6-4-3-5-7-13/h3-7,12,14,16H,2,8-11H2,1H3/t14-,16-/m0/s1. The summed E-state index contributed by atoms with van der Waals surface area (Å²) in [6.45, 7) is 2.90. The van der Waals surface area contributed by atoms with Crippen molar-refractivity contribution in [3.63, 3.8) is 0 Å². The first kappa shape index (κ1) is 13.8. The van der Waals surface area contributed by atoms with Gasteiger partial charge in [-0.3, -0.25) is 0 Å². The van der Waals surface area contributed by atoms with Crippen LogP contribution >= 0.6 is 11.3 Å². The SMILES string of the molecule is CCc1csc([C@H]2CC[C@H](OCc3ccccc3)C2)n1. The number of aryl methyl sites for hydroxylation is 1. The minimum atomic E-state index is 0.397. The molecule has 0 radical (unpaired) electrons. The zero-order valence-corrected chi connectivity index (χ0v) is 12.7. The summed E-state index contributed by atoms with van der Waals surface area (Å²) in [6, 6.07) is 10.4. The lowest BCUT2D eigenvalue weighted by molar-refractivity contribution is 0.0447. The molecule has 106 valence electrons. The molecule has 1 aromatic heterocycles. The molecule has 3 rings (SSSR count). The highest BCUT2D eigenvalue weighted by Gasteiger charge is 2.28. The molecule has 1 fully saturated rings. The number of hydrogen-bond acceptors (Lipinski definition) is 3. The highest BCUT2D eigenvalue weighted by molar-refractivity contribution is 7.09. The summed E-state index contributed by atoms with van der Waals surface area (Å²) in [7, 11) is 0. The second-order valence-corrected chi connectivity index (χ2v) is 6.35. The van der Waals surface area contributed by atoms with Crippen molar-refractivity contribution in [1.82, 2.24) is 4.98 Å². The summed E-state index contributed by atoms with van der Waals surface area (Å²) in [4.78, 5) is 4.73. The first-order valence-corrected chi connectivity index (χ1v) is 8.33. The maximum absolute atomic E-state index is 6.05. The van der Waals surface area contributed by atoms with E-state index in [1.54, 1.807) is 0 Å². The number of benzene rings is 1. The topological polar surface area (TPSA) is 22.1 Å². The Morgan fingerprint density at radius 3 is 2.85 bits per heavy atom. The van der Waals surface area contributed by atoms with Crippen LogP contribution in [0.3, 0.4) is 0 Å². The third-order valence-electron chi connectivity index (χ3n) is 3.99. The lowest BCUT2D eigenvalue weighted by Crippen LogP contribution is -2.08. The average Bonchev–Trinajstić information content (AvgIpc) is 3.15. The van der Waals surface area contributed by atoms with Gasteiger partial charge in [0.1, 0.15) is 0 Å². The first-order chi connectivity index (χ1) is 9.85. The molecule has 1 aliphatic rings. The van der Waals surface area contributed by atoms with E-state index in [0.29, 0.717) is 12.0 Å². The van der Waals surface area contributed by atoms with Crippen LogP contribution in [0.15, 0.2) is 35.7 Å². The summed E-state index contributed by atoms with van der Waals surface area (Å²) in [5, 5.41) is 3.51. The van der Waals surface area contributed by atoms with Crippen LogP contribution in [0.1, 0.15) is 48.4 Å². The van der Waals surface area contributed by atoms with E-state index in [1.165, 1.54) is 29.1 Å². The molecule has 20 heavy (non-hydrogen) atoms. The predicted molar refractivity (Wildman–Crippen MR) is 83.1 cm³/mol. The summed E-state index contributed by atoms with van der Waals surface area (Å²) in [6.07, 6.45) is 4.95. The number of rotatable bonds is 5. The van der Waals surface area contributed by atoms with Gasteiger partial charge in [-0.2, -0.15) is 0 Å². The fourth-order valence-corrected chi connectivity index (χ4v) is 3.83. The second kappa shape index (κ2) is 6.51. The van der Waals surface area contributed by atoms with Crippen LogP contribution < -0.4 is 0 Å². The van der Waals surface area contributed by atoms with Gasteiger partial charge in [0, 0.05) is 11.3 Å². The first-order valence-electron chi connectivity index (χ1n) is 7.45. The molecule has 0 bridgehead atoms. The summed E-state index contributed by atoms with van der Waals surface area (Å²) >= 11 is 1.82. The Balaban J connectivity index is 1.52. The van der Waals surface area contributed by atoms with Crippen LogP contribution in [0.5, 0.6) is 0 Å². The van der Waals surface area contributed by atoms with Crippen molar-refractivity contribution in [2.45, 2.75) is 51.2 Å². The molecule has 3 heteroatoms. The molecule has 0 aliphatic heterocycles. The Labute approximate surface area is 124 Å². The van der Waals surface area contributed by atoms with Crippen molar-refractivity contribution < 1.29 is 4.74 Å². The van der Waals surface area contributed by atoms with Crippen LogP contribution in [0.4, 0.5) is 0 Å². The molecular weight excluding hydrogens is 266 g/mol. The van der Waals surface area contributed by atoms with Crippen LogP contribution in [0.25, 0.3) is 0 Å². The monoisotopic (exact) mass is 287 g/mol. The normalized spacial score (nSPS) is 22.2. The molecule has 2 atom stereocenters. The molecule has 0 unspecified atom stereocenters. The third kappa shape index (κ3) is 3.28. The van der Waals surface area contributed by atoms with Gasteiger partial charge >= 0.3 is 0 Å². The smallest absolute Gasteiger partial charge is 0.0960 e. The highest BCUT2D eigenvalue weighted by Crippen LogP contribution is 2.37. The molecule has 0 amide bonds. The Hall–Kier alpha value is -1.19. The maximum Gasteiger partial charge on any atom is 0.0960 e. The van der Waals surface area contributed by atoms with Gasteiger partial charge in [0.15, 0.2) is 0 Å². The van der Waals surface area contributed by atoms with Gasteiger partial charge in [0.25, 0.3) is 0 Å². The molecule has 0 spiro atoms. The van der Waals surface area contributed by atoms with Crippen molar-refractivity contribution >= 4 is 11.3 Å². The Kier molecular flexibility index (Phi) is 4.48. The van der Waals surface area contributed by atoms with Gasteiger partial charge < -0.3 is 4.74 Å². The van der Waals surface area contributed by atoms with Crippen molar-refractivity contribution in [2.75, 3.05) is 0 Å². The van der Waals surface area contributed by atoms with E-state index in [2.05, 4.69) is 36.6 Å². The predicted octanol–water partition coefficient (Wildman–Crippen LogP) is 4.56.